The van der Waals surface area contributed by atoms with Crippen molar-refractivity contribution in [1.29, 1.82) is 0 Å². The van der Waals surface area contributed by atoms with Gasteiger partial charge in [0, 0.05) is 35.7 Å². The van der Waals surface area contributed by atoms with Crippen molar-refractivity contribution in [2.45, 2.75) is 32.1 Å². The highest BCUT2D eigenvalue weighted by Gasteiger charge is 2.24. The fraction of sp³-hybridized carbons (Fsp3) is 0.276. The molecule has 0 radical (unpaired) electrons. The zero-order valence-electron chi connectivity index (χ0n) is 21.0. The van der Waals surface area contributed by atoms with Crippen molar-refractivity contribution >= 4 is 11.6 Å². The Balaban J connectivity index is 1.23. The largest absolute Gasteiger partial charge is 0.493 e. The second kappa shape index (κ2) is 11.2. The number of nitrogens with one attached hydrogen (secondary N) is 1. The molecule has 0 spiro atoms. The first-order valence-corrected chi connectivity index (χ1v) is 12.3. The molecule has 0 saturated carbocycles. The van der Waals surface area contributed by atoms with E-state index < -0.39 is 0 Å². The lowest BCUT2D eigenvalue weighted by Crippen LogP contribution is -2.15. The van der Waals surface area contributed by atoms with Gasteiger partial charge in [-0.3, -0.25) is 4.79 Å². The summed E-state index contributed by atoms with van der Waals surface area (Å²) in [6, 6.07) is 19.0. The highest BCUT2D eigenvalue weighted by molar-refractivity contribution is 6.04. The summed E-state index contributed by atoms with van der Waals surface area (Å²) in [7, 11) is 3.24. The molecule has 1 N–H and O–H groups in total. The Morgan fingerprint density at radius 1 is 0.973 bits per heavy atom. The van der Waals surface area contributed by atoms with Crippen LogP contribution in [0, 0.1) is 0 Å². The normalized spacial score (nSPS) is 12.5. The molecule has 37 heavy (non-hydrogen) atoms. The third-order valence-electron chi connectivity index (χ3n) is 6.39. The first kappa shape index (κ1) is 24.4. The number of benzene rings is 2. The van der Waals surface area contributed by atoms with Gasteiger partial charge in [-0.15, -0.1) is 0 Å². The number of aryl methyl sites for hydroxylation is 1. The van der Waals surface area contributed by atoms with Gasteiger partial charge in [-0.2, -0.15) is 0 Å². The summed E-state index contributed by atoms with van der Waals surface area (Å²) < 4.78 is 22.0. The Hall–Kier alpha value is -4.33. The quantitative estimate of drug-likeness (QED) is 0.325. The van der Waals surface area contributed by atoms with Crippen LogP contribution in [0.1, 0.15) is 40.2 Å². The number of aromatic nitrogens is 2. The van der Waals surface area contributed by atoms with E-state index in [4.69, 9.17) is 18.7 Å². The van der Waals surface area contributed by atoms with E-state index in [1.54, 1.807) is 14.2 Å². The maximum absolute atomic E-state index is 12.9. The molecule has 1 aliphatic rings. The molecular weight excluding hydrogens is 470 g/mol. The highest BCUT2D eigenvalue weighted by atomic mass is 16.5. The molecule has 190 valence electrons. The van der Waals surface area contributed by atoms with E-state index >= 15 is 0 Å². The number of hydrogen-bond donors (Lipinski definition) is 1. The van der Waals surface area contributed by atoms with Crippen LogP contribution in [0.15, 0.2) is 65.2 Å². The predicted octanol–water partition coefficient (Wildman–Crippen LogP) is 5.51. The van der Waals surface area contributed by atoms with Crippen LogP contribution in [0.25, 0.3) is 11.3 Å². The van der Waals surface area contributed by atoms with Gasteiger partial charge < -0.3 is 24.1 Å². The first-order valence-electron chi connectivity index (χ1n) is 12.3. The first-order chi connectivity index (χ1) is 18.1. The maximum Gasteiger partial charge on any atom is 0.278 e. The molecule has 1 aliphatic carbocycles. The fourth-order valence-corrected chi connectivity index (χ4v) is 4.48. The van der Waals surface area contributed by atoms with Gasteiger partial charge in [0.05, 0.1) is 26.5 Å². The van der Waals surface area contributed by atoms with Crippen LogP contribution < -0.4 is 19.5 Å². The van der Waals surface area contributed by atoms with Gasteiger partial charge >= 0.3 is 0 Å². The van der Waals surface area contributed by atoms with E-state index in [9.17, 15) is 4.79 Å². The van der Waals surface area contributed by atoms with E-state index in [2.05, 4.69) is 15.5 Å². The van der Waals surface area contributed by atoms with Gasteiger partial charge in [0.1, 0.15) is 5.76 Å². The van der Waals surface area contributed by atoms with Gasteiger partial charge in [-0.05, 0) is 55.2 Å². The Kier molecular flexibility index (Phi) is 7.35. The average Bonchev–Trinajstić information content (AvgIpc) is 3.38. The summed E-state index contributed by atoms with van der Waals surface area (Å²) in [5.41, 5.74) is 4.66. The van der Waals surface area contributed by atoms with Crippen LogP contribution in [-0.4, -0.2) is 36.9 Å². The Morgan fingerprint density at radius 2 is 1.81 bits per heavy atom. The van der Waals surface area contributed by atoms with Gasteiger partial charge in [-0.1, -0.05) is 29.4 Å². The van der Waals surface area contributed by atoms with Crippen LogP contribution in [0.3, 0.4) is 0 Å². The molecule has 2 heterocycles. The lowest BCUT2D eigenvalue weighted by atomic mass is 9.96. The number of anilines is 1. The van der Waals surface area contributed by atoms with Crippen LogP contribution in [0.4, 0.5) is 5.69 Å². The Morgan fingerprint density at radius 3 is 2.68 bits per heavy atom. The van der Waals surface area contributed by atoms with Crippen LogP contribution in [0.2, 0.25) is 0 Å². The molecule has 8 heteroatoms. The number of hydrogen-bond acceptors (Lipinski definition) is 7. The number of carbonyl (C=O) groups excluding carboxylic acids is 1. The van der Waals surface area contributed by atoms with Crippen molar-refractivity contribution in [3.63, 3.8) is 0 Å². The van der Waals surface area contributed by atoms with Crippen LogP contribution >= 0.6 is 0 Å². The zero-order chi connectivity index (χ0) is 25.6. The number of carbonyl (C=O) groups is 1. The molecule has 4 aromatic rings. The molecule has 2 aromatic heterocycles. The number of nitrogens with zero attached hydrogens (tertiary/aromatic N) is 2. The summed E-state index contributed by atoms with van der Waals surface area (Å²) in [6.45, 7) is 0.462. The molecule has 1 amide bonds. The fourth-order valence-electron chi connectivity index (χ4n) is 4.48. The molecule has 0 fully saturated rings. The minimum Gasteiger partial charge on any atom is -0.493 e. The molecular formula is C29H29N3O5. The third-order valence-corrected chi connectivity index (χ3v) is 6.39. The molecule has 0 unspecified atom stereocenters. The molecule has 0 saturated heterocycles. The summed E-state index contributed by atoms with van der Waals surface area (Å²) >= 11 is 0. The van der Waals surface area contributed by atoms with Crippen LogP contribution in [-0.2, 0) is 19.3 Å². The summed E-state index contributed by atoms with van der Waals surface area (Å²) in [6.07, 6.45) is 4.47. The monoisotopic (exact) mass is 499 g/mol. The predicted molar refractivity (Wildman–Crippen MR) is 140 cm³/mol. The Bertz CT molecular complexity index is 1400. The number of methoxy groups -OCH3 is 2. The lowest BCUT2D eigenvalue weighted by Gasteiger charge is -2.11. The van der Waals surface area contributed by atoms with Crippen molar-refractivity contribution in [3.8, 4) is 28.6 Å². The number of rotatable bonds is 9. The maximum atomic E-state index is 12.9. The van der Waals surface area contributed by atoms with Gasteiger partial charge in [0.15, 0.2) is 17.2 Å². The topological polar surface area (TPSA) is 95.7 Å². The van der Waals surface area contributed by atoms with E-state index in [1.807, 2.05) is 60.7 Å². The SMILES string of the molecule is COc1ccc(CCOc2cccc(-c3cccc(NC(=O)c4noc5c4CCCC5)c3)n2)cc1OC. The highest BCUT2D eigenvalue weighted by Crippen LogP contribution is 2.28. The molecule has 2 aromatic carbocycles. The second-order valence-electron chi connectivity index (χ2n) is 8.82. The number of pyridine rings is 1. The number of amides is 1. The Labute approximate surface area is 215 Å². The van der Waals surface area contributed by atoms with Crippen molar-refractivity contribution in [1.82, 2.24) is 10.1 Å². The second-order valence-corrected chi connectivity index (χ2v) is 8.82. The minimum atomic E-state index is -0.260. The minimum absolute atomic E-state index is 0.260. The van der Waals surface area contributed by atoms with E-state index in [1.165, 1.54) is 0 Å². The molecule has 8 nitrogen and oxygen atoms in total. The summed E-state index contributed by atoms with van der Waals surface area (Å²) in [4.78, 5) is 17.5. The smallest absolute Gasteiger partial charge is 0.278 e. The van der Waals surface area contributed by atoms with E-state index in [0.717, 1.165) is 53.8 Å². The molecule has 0 atom stereocenters. The zero-order valence-corrected chi connectivity index (χ0v) is 21.0. The van der Waals surface area contributed by atoms with Gasteiger partial charge in [-0.25, -0.2) is 4.98 Å². The molecule has 0 bridgehead atoms. The number of ether oxygens (including phenoxy) is 3. The van der Waals surface area contributed by atoms with Crippen molar-refractivity contribution < 1.29 is 23.5 Å². The van der Waals surface area contributed by atoms with Crippen molar-refractivity contribution in [3.05, 3.63) is 83.2 Å². The lowest BCUT2D eigenvalue weighted by molar-refractivity contribution is 0.101. The van der Waals surface area contributed by atoms with Crippen molar-refractivity contribution in [2.75, 3.05) is 26.1 Å². The third kappa shape index (κ3) is 5.58. The number of fused-ring (bicyclic) bond motifs is 1. The van der Waals surface area contributed by atoms with Crippen LogP contribution in [0.5, 0.6) is 17.4 Å². The summed E-state index contributed by atoms with van der Waals surface area (Å²) in [5.74, 6) is 2.49. The van der Waals surface area contributed by atoms with E-state index in [0.29, 0.717) is 41.8 Å². The van der Waals surface area contributed by atoms with Gasteiger partial charge in [0.25, 0.3) is 5.91 Å². The van der Waals surface area contributed by atoms with Gasteiger partial charge in [0.2, 0.25) is 5.88 Å². The van der Waals surface area contributed by atoms with Crippen molar-refractivity contribution in [2.24, 2.45) is 0 Å². The van der Waals surface area contributed by atoms with E-state index in [-0.39, 0.29) is 5.91 Å². The standard InChI is InChI=1S/C29H29N3O5/c1-34-25-14-13-19(17-26(25)35-2)15-16-36-27-12-6-10-23(31-27)20-7-5-8-21(18-20)30-29(33)28-22-9-3-4-11-24(22)37-32-28/h5-8,10,12-14,17-18H,3-4,9,11,15-16H2,1-2H3,(H,30,33). The molecule has 0 aliphatic heterocycles. The average molecular weight is 500 g/mol. The summed E-state index contributed by atoms with van der Waals surface area (Å²) in [5, 5.41) is 6.98. The molecule has 5 rings (SSSR count).